The minimum Gasteiger partial charge on any atom is -0.462 e. The van der Waals surface area contributed by atoms with E-state index in [-0.39, 0.29) is 18.1 Å². The minimum atomic E-state index is -0.404. The summed E-state index contributed by atoms with van der Waals surface area (Å²) in [5.41, 5.74) is 2.20. The molecule has 0 radical (unpaired) electrons. The van der Waals surface area contributed by atoms with Crippen LogP contribution in [-0.4, -0.2) is 37.8 Å². The quantitative estimate of drug-likeness (QED) is 0.438. The predicted octanol–water partition coefficient (Wildman–Crippen LogP) is 2.27. The Morgan fingerprint density at radius 2 is 1.76 bits per heavy atom. The van der Waals surface area contributed by atoms with Crippen molar-refractivity contribution in [3.63, 3.8) is 0 Å². The third-order valence-corrected chi connectivity index (χ3v) is 5.87. The molecule has 0 aliphatic carbocycles. The molecule has 168 valence electrons. The molecule has 2 aromatic heterocycles. The van der Waals surface area contributed by atoms with Gasteiger partial charge < -0.3 is 14.2 Å². The first-order chi connectivity index (χ1) is 16.0. The van der Waals surface area contributed by atoms with E-state index in [1.807, 2.05) is 51.9 Å². The summed E-state index contributed by atoms with van der Waals surface area (Å²) < 4.78 is 9.58. The van der Waals surface area contributed by atoms with Crippen molar-refractivity contribution in [1.82, 2.24) is 18.7 Å². The van der Waals surface area contributed by atoms with Gasteiger partial charge in [-0.25, -0.2) is 9.59 Å². The van der Waals surface area contributed by atoms with Crippen LogP contribution >= 0.6 is 0 Å². The number of ether oxygens (including phenoxy) is 1. The first-order valence-electron chi connectivity index (χ1n) is 10.8. The molecule has 0 unspecified atom stereocenters. The summed E-state index contributed by atoms with van der Waals surface area (Å²) in [7, 11) is 1.63. The summed E-state index contributed by atoms with van der Waals surface area (Å²) in [6.45, 7) is 3.46. The van der Waals surface area contributed by atoms with E-state index in [1.165, 1.54) is 9.13 Å². The number of carbonyl (C=O) groups excluding carboxylic acids is 1. The van der Waals surface area contributed by atoms with E-state index in [0.717, 1.165) is 11.3 Å². The second-order valence-electron chi connectivity index (χ2n) is 7.87. The van der Waals surface area contributed by atoms with Gasteiger partial charge >= 0.3 is 11.7 Å². The van der Waals surface area contributed by atoms with Gasteiger partial charge in [-0.3, -0.25) is 13.9 Å². The van der Waals surface area contributed by atoms with Gasteiger partial charge in [-0.1, -0.05) is 30.3 Å². The second kappa shape index (κ2) is 8.09. The van der Waals surface area contributed by atoms with Gasteiger partial charge in [0.15, 0.2) is 11.2 Å². The maximum Gasteiger partial charge on any atom is 0.338 e. The summed E-state index contributed by atoms with van der Waals surface area (Å²) >= 11 is 0. The summed E-state index contributed by atoms with van der Waals surface area (Å²) in [6, 6.07) is 16.5. The average Bonchev–Trinajstić information content (AvgIpc) is 3.41. The van der Waals surface area contributed by atoms with E-state index < -0.39 is 5.69 Å². The molecule has 1 aliphatic rings. The van der Waals surface area contributed by atoms with Crippen LogP contribution in [-0.2, 0) is 24.9 Å². The van der Waals surface area contributed by atoms with Crippen molar-refractivity contribution in [2.45, 2.75) is 20.0 Å². The lowest BCUT2D eigenvalue weighted by Gasteiger charge is -2.16. The van der Waals surface area contributed by atoms with Gasteiger partial charge in [-0.05, 0) is 36.8 Å². The van der Waals surface area contributed by atoms with E-state index in [9.17, 15) is 14.4 Å². The van der Waals surface area contributed by atoms with Crippen LogP contribution in [0.25, 0.3) is 11.2 Å². The lowest BCUT2D eigenvalue weighted by molar-refractivity contribution is 0.0526. The predicted molar refractivity (Wildman–Crippen MR) is 124 cm³/mol. The highest BCUT2D eigenvalue weighted by molar-refractivity contribution is 5.90. The van der Waals surface area contributed by atoms with Gasteiger partial charge in [0.25, 0.3) is 5.56 Å². The summed E-state index contributed by atoms with van der Waals surface area (Å²) in [4.78, 5) is 44.9. The van der Waals surface area contributed by atoms with Crippen molar-refractivity contribution < 1.29 is 9.53 Å². The number of fused-ring (bicyclic) bond motifs is 3. The fraction of sp³-hybridized carbons (Fsp3) is 0.250. The Balaban J connectivity index is 1.57. The molecule has 9 heteroatoms. The first kappa shape index (κ1) is 20.7. The van der Waals surface area contributed by atoms with Gasteiger partial charge in [-0.2, -0.15) is 4.98 Å². The van der Waals surface area contributed by atoms with Crippen LogP contribution in [0.2, 0.25) is 0 Å². The van der Waals surface area contributed by atoms with Crippen LogP contribution < -0.4 is 16.1 Å². The van der Waals surface area contributed by atoms with Gasteiger partial charge in [-0.15, -0.1) is 0 Å². The molecule has 0 saturated carbocycles. The fourth-order valence-corrected chi connectivity index (χ4v) is 4.22. The Kier molecular flexibility index (Phi) is 5.08. The number of hydrogen-bond donors (Lipinski definition) is 0. The maximum atomic E-state index is 13.4. The highest BCUT2D eigenvalue weighted by Gasteiger charge is 2.29. The molecule has 0 bridgehead atoms. The Hall–Kier alpha value is -4.14. The SMILES string of the molecule is CCOC(=O)c1ccc(N2CCn3c2nc2c3c(=O)n(Cc3ccccc3)c(=O)n2C)cc1. The fourth-order valence-electron chi connectivity index (χ4n) is 4.22. The van der Waals surface area contributed by atoms with E-state index in [0.29, 0.717) is 42.4 Å². The van der Waals surface area contributed by atoms with Crippen LogP contribution in [0, 0.1) is 0 Å². The largest absolute Gasteiger partial charge is 0.462 e. The Bertz CT molecular complexity index is 1470. The zero-order chi connectivity index (χ0) is 23.1. The lowest BCUT2D eigenvalue weighted by atomic mass is 10.2. The smallest absolute Gasteiger partial charge is 0.338 e. The Morgan fingerprint density at radius 3 is 2.45 bits per heavy atom. The van der Waals surface area contributed by atoms with E-state index >= 15 is 0 Å². The van der Waals surface area contributed by atoms with E-state index in [2.05, 4.69) is 4.98 Å². The Labute approximate surface area is 189 Å². The molecule has 2 aromatic carbocycles. The summed E-state index contributed by atoms with van der Waals surface area (Å²) in [6.07, 6.45) is 0. The number of nitrogens with zero attached hydrogens (tertiary/aromatic N) is 5. The molecular weight excluding hydrogens is 422 g/mol. The molecule has 3 heterocycles. The number of rotatable bonds is 5. The number of benzene rings is 2. The summed E-state index contributed by atoms with van der Waals surface area (Å²) in [5, 5.41) is 0. The molecule has 0 saturated heterocycles. The van der Waals surface area contributed by atoms with Crippen molar-refractivity contribution in [3.05, 3.63) is 86.6 Å². The van der Waals surface area contributed by atoms with Gasteiger partial charge in [0, 0.05) is 25.8 Å². The molecule has 0 spiro atoms. The highest BCUT2D eigenvalue weighted by Crippen LogP contribution is 2.31. The van der Waals surface area contributed by atoms with Gasteiger partial charge in [0.2, 0.25) is 5.95 Å². The molecule has 0 amide bonds. The first-order valence-corrected chi connectivity index (χ1v) is 10.8. The summed E-state index contributed by atoms with van der Waals surface area (Å²) in [5.74, 6) is 0.227. The van der Waals surface area contributed by atoms with Gasteiger partial charge in [0.1, 0.15) is 0 Å². The van der Waals surface area contributed by atoms with Gasteiger partial charge in [0.05, 0.1) is 18.7 Å². The normalized spacial score (nSPS) is 12.8. The lowest BCUT2D eigenvalue weighted by Crippen LogP contribution is -2.40. The molecule has 0 N–H and O–H groups in total. The maximum absolute atomic E-state index is 13.4. The number of esters is 1. The molecule has 33 heavy (non-hydrogen) atoms. The monoisotopic (exact) mass is 445 g/mol. The second-order valence-corrected chi connectivity index (χ2v) is 7.87. The van der Waals surface area contributed by atoms with Crippen LogP contribution in [0.5, 0.6) is 0 Å². The standard InChI is InChI=1S/C24H23N5O4/c1-3-33-22(31)17-9-11-18(12-10-17)27-13-14-28-19-20(25-23(27)28)26(2)24(32)29(21(19)30)15-16-7-5-4-6-8-16/h4-12H,3,13-15H2,1-2H3. The van der Waals surface area contributed by atoms with Crippen molar-refractivity contribution in [2.24, 2.45) is 7.05 Å². The van der Waals surface area contributed by atoms with E-state index in [4.69, 9.17) is 4.74 Å². The van der Waals surface area contributed by atoms with Crippen LogP contribution in [0.1, 0.15) is 22.8 Å². The van der Waals surface area contributed by atoms with Crippen molar-refractivity contribution in [1.29, 1.82) is 0 Å². The number of aryl methyl sites for hydroxylation is 1. The molecule has 4 aromatic rings. The zero-order valence-electron chi connectivity index (χ0n) is 18.4. The number of aromatic nitrogens is 4. The number of anilines is 2. The number of carbonyl (C=O) groups is 1. The van der Waals surface area contributed by atoms with Crippen molar-refractivity contribution >= 4 is 28.8 Å². The molecular formula is C24H23N5O4. The average molecular weight is 445 g/mol. The van der Waals surface area contributed by atoms with Crippen molar-refractivity contribution in [3.8, 4) is 0 Å². The third kappa shape index (κ3) is 3.42. The molecule has 0 atom stereocenters. The minimum absolute atomic E-state index is 0.196. The highest BCUT2D eigenvalue weighted by atomic mass is 16.5. The number of imidazole rings is 1. The molecule has 5 rings (SSSR count). The molecule has 9 nitrogen and oxygen atoms in total. The third-order valence-electron chi connectivity index (χ3n) is 5.87. The van der Waals surface area contributed by atoms with Crippen LogP contribution in [0.4, 0.5) is 11.6 Å². The topological polar surface area (TPSA) is 91.4 Å². The van der Waals surface area contributed by atoms with E-state index in [1.54, 1.807) is 26.1 Å². The Morgan fingerprint density at radius 1 is 1.03 bits per heavy atom. The van der Waals surface area contributed by atoms with Crippen LogP contribution in [0.3, 0.4) is 0 Å². The molecule has 0 fully saturated rings. The zero-order valence-corrected chi connectivity index (χ0v) is 18.4. The number of hydrogen-bond acceptors (Lipinski definition) is 6. The van der Waals surface area contributed by atoms with Crippen LogP contribution in [0.15, 0.2) is 64.2 Å². The van der Waals surface area contributed by atoms with Crippen molar-refractivity contribution in [2.75, 3.05) is 18.1 Å². The molecule has 1 aliphatic heterocycles.